The van der Waals surface area contributed by atoms with Gasteiger partial charge in [0.2, 0.25) is 11.8 Å². The Balaban J connectivity index is 0.987. The maximum atomic E-state index is 13.7. The van der Waals surface area contributed by atoms with E-state index in [4.69, 9.17) is 14.2 Å². The van der Waals surface area contributed by atoms with Crippen LogP contribution in [0.25, 0.3) is 0 Å². The van der Waals surface area contributed by atoms with Crippen molar-refractivity contribution in [3.8, 4) is 11.5 Å². The molecule has 0 aromatic heterocycles. The first-order valence-corrected chi connectivity index (χ1v) is 14.6. The zero-order valence-electron chi connectivity index (χ0n) is 24.2. The van der Waals surface area contributed by atoms with E-state index < -0.39 is 18.5 Å². The minimum absolute atomic E-state index is 0.0907. The molecule has 3 aromatic rings. The van der Waals surface area contributed by atoms with Crippen molar-refractivity contribution in [2.75, 3.05) is 32.7 Å². The number of amides is 3. The van der Waals surface area contributed by atoms with Crippen molar-refractivity contribution in [1.82, 2.24) is 4.90 Å². The number of nitrogens with one attached hydrogen (secondary N) is 1. The third-order valence-electron chi connectivity index (χ3n) is 8.85. The van der Waals surface area contributed by atoms with Gasteiger partial charge in [-0.1, -0.05) is 55.0 Å². The normalized spacial score (nSPS) is 21.1. The second-order valence-electron chi connectivity index (χ2n) is 11.2. The lowest BCUT2D eigenvalue weighted by Gasteiger charge is -2.45. The Bertz CT molecular complexity index is 1470. The average Bonchev–Trinajstić information content (AvgIpc) is 3.29. The molecule has 2 bridgehead atoms. The highest BCUT2D eigenvalue weighted by molar-refractivity contribution is 6.07. The van der Waals surface area contributed by atoms with Crippen molar-refractivity contribution in [3.05, 3.63) is 89.0 Å². The number of unbranched alkanes of at least 4 members (excludes halogenated alkanes) is 2. The molecule has 1 fully saturated rings. The Hall–Kier alpha value is -4.66. The number of hydrogen-bond acceptors (Lipinski definition) is 7. The molecule has 0 radical (unpaired) electrons. The van der Waals surface area contributed by atoms with Gasteiger partial charge in [-0.15, -0.1) is 0 Å². The summed E-state index contributed by atoms with van der Waals surface area (Å²) in [6.45, 7) is -0.0948. The number of ether oxygens (including phenoxy) is 3. The number of rotatable bonds is 11. The summed E-state index contributed by atoms with van der Waals surface area (Å²) in [4.78, 5) is 53.3. The summed E-state index contributed by atoms with van der Waals surface area (Å²) in [5.41, 5.74) is 5.04. The summed E-state index contributed by atoms with van der Waals surface area (Å²) >= 11 is 0. The third kappa shape index (κ3) is 5.13. The lowest BCUT2D eigenvalue weighted by molar-refractivity contribution is -0.147. The molecule has 3 aliphatic carbocycles. The van der Waals surface area contributed by atoms with E-state index in [2.05, 4.69) is 29.6 Å². The topological polar surface area (TPSA) is 111 Å². The summed E-state index contributed by atoms with van der Waals surface area (Å²) in [7, 11) is 3.01. The predicted molar refractivity (Wildman–Crippen MR) is 158 cm³/mol. The van der Waals surface area contributed by atoms with Crippen LogP contribution in [0.15, 0.2) is 66.7 Å². The molecule has 4 aliphatic rings. The molecule has 1 saturated heterocycles. The molecule has 0 spiro atoms. The highest BCUT2D eigenvalue weighted by Gasteiger charge is 2.61. The van der Waals surface area contributed by atoms with E-state index in [1.54, 1.807) is 18.2 Å². The van der Waals surface area contributed by atoms with Gasteiger partial charge in [-0.2, -0.15) is 0 Å². The summed E-state index contributed by atoms with van der Waals surface area (Å²) in [5, 5.41) is 2.66. The maximum absolute atomic E-state index is 13.7. The van der Waals surface area contributed by atoms with Crippen molar-refractivity contribution >= 4 is 29.4 Å². The number of esters is 1. The Kier molecular flexibility index (Phi) is 7.88. The molecule has 222 valence electrons. The van der Waals surface area contributed by atoms with Crippen LogP contribution in [0.2, 0.25) is 0 Å². The van der Waals surface area contributed by atoms with Crippen molar-refractivity contribution in [3.63, 3.8) is 0 Å². The first kappa shape index (κ1) is 28.5. The number of benzene rings is 3. The highest BCUT2D eigenvalue weighted by atomic mass is 16.5. The van der Waals surface area contributed by atoms with E-state index in [0.29, 0.717) is 43.0 Å². The van der Waals surface area contributed by atoms with Crippen LogP contribution in [0.5, 0.6) is 11.5 Å². The first-order chi connectivity index (χ1) is 20.9. The molecule has 0 saturated carbocycles. The van der Waals surface area contributed by atoms with Crippen LogP contribution in [0.1, 0.15) is 59.8 Å². The molecular formula is C34H34N2O7. The second kappa shape index (κ2) is 11.9. The van der Waals surface area contributed by atoms with E-state index in [9.17, 15) is 19.2 Å². The first-order valence-electron chi connectivity index (χ1n) is 14.6. The summed E-state index contributed by atoms with van der Waals surface area (Å²) in [6, 6.07) is 21.4. The van der Waals surface area contributed by atoms with Crippen molar-refractivity contribution in [2.45, 2.75) is 37.5 Å². The van der Waals surface area contributed by atoms with Gasteiger partial charge in [0.1, 0.15) is 11.5 Å². The molecule has 43 heavy (non-hydrogen) atoms. The quantitative estimate of drug-likeness (QED) is 0.199. The number of hydrogen-bond donors (Lipinski definition) is 1. The van der Waals surface area contributed by atoms with Gasteiger partial charge < -0.3 is 19.5 Å². The van der Waals surface area contributed by atoms with Crippen LogP contribution in [-0.2, 0) is 23.9 Å². The lowest BCUT2D eigenvalue weighted by atomic mass is 9.55. The zero-order valence-corrected chi connectivity index (χ0v) is 24.2. The predicted octanol–water partition coefficient (Wildman–Crippen LogP) is 4.64. The third-order valence-corrected chi connectivity index (χ3v) is 8.85. The summed E-state index contributed by atoms with van der Waals surface area (Å²) < 4.78 is 15.6. The standard InChI is InChI=1S/C34H34N2O7/c1-41-20-15-16-26(42-2)25(18-20)35-27(37)19-43-28(38)14-4-3-9-17-36-33(39)31-29-21-10-5-6-11-22(21)30(32(31)34(36)40)24-13-8-7-12-23(24)29/h5-8,10-13,15-16,18,29-32H,3-4,9,14,17,19H2,1-2H3,(H,35,37)/t29?,30?,31-,32-/m1/s1. The fraction of sp³-hybridized carbons (Fsp3) is 0.353. The van der Waals surface area contributed by atoms with Gasteiger partial charge in [0.15, 0.2) is 6.61 Å². The lowest BCUT2D eigenvalue weighted by Crippen LogP contribution is -2.41. The van der Waals surface area contributed by atoms with Crippen LogP contribution in [-0.4, -0.2) is 56.0 Å². The van der Waals surface area contributed by atoms with Crippen LogP contribution in [0.3, 0.4) is 0 Å². The van der Waals surface area contributed by atoms with E-state index in [1.807, 2.05) is 24.3 Å². The number of imide groups is 1. The molecule has 3 aromatic carbocycles. The van der Waals surface area contributed by atoms with Gasteiger partial charge in [0, 0.05) is 30.9 Å². The van der Waals surface area contributed by atoms with Gasteiger partial charge in [-0.3, -0.25) is 24.1 Å². The second-order valence-corrected chi connectivity index (χ2v) is 11.2. The Labute approximate surface area is 250 Å². The number of nitrogens with zero attached hydrogens (tertiary/aromatic N) is 1. The van der Waals surface area contributed by atoms with Crippen LogP contribution in [0.4, 0.5) is 5.69 Å². The van der Waals surface area contributed by atoms with Gasteiger partial charge in [0.25, 0.3) is 5.91 Å². The Morgan fingerprint density at radius 3 is 1.88 bits per heavy atom. The van der Waals surface area contributed by atoms with Crippen LogP contribution < -0.4 is 14.8 Å². The fourth-order valence-corrected chi connectivity index (χ4v) is 6.99. The molecule has 0 unspecified atom stereocenters. The highest BCUT2D eigenvalue weighted by Crippen LogP contribution is 2.60. The molecule has 7 rings (SSSR count). The van der Waals surface area contributed by atoms with E-state index >= 15 is 0 Å². The van der Waals surface area contributed by atoms with Crippen LogP contribution >= 0.6 is 0 Å². The number of carbonyl (C=O) groups excluding carboxylic acids is 4. The molecule has 2 atom stereocenters. The summed E-state index contributed by atoms with van der Waals surface area (Å²) in [6.07, 6.45) is 1.89. The monoisotopic (exact) mass is 582 g/mol. The number of likely N-dealkylation sites (tertiary alicyclic amines) is 1. The van der Waals surface area contributed by atoms with E-state index in [-0.39, 0.29) is 41.9 Å². The van der Waals surface area contributed by atoms with Crippen molar-refractivity contribution < 1.29 is 33.4 Å². The number of anilines is 1. The molecule has 1 aliphatic heterocycles. The largest absolute Gasteiger partial charge is 0.497 e. The fourth-order valence-electron chi connectivity index (χ4n) is 6.99. The smallest absolute Gasteiger partial charge is 0.306 e. The van der Waals surface area contributed by atoms with Gasteiger partial charge in [-0.25, -0.2) is 0 Å². The summed E-state index contributed by atoms with van der Waals surface area (Å²) in [5.74, 6) is -1.13. The minimum Gasteiger partial charge on any atom is -0.497 e. The van der Waals surface area contributed by atoms with Gasteiger partial charge in [-0.05, 0) is 47.2 Å². The Morgan fingerprint density at radius 2 is 1.35 bits per heavy atom. The van der Waals surface area contributed by atoms with E-state index in [1.165, 1.54) is 19.1 Å². The molecule has 1 N–H and O–H groups in total. The maximum Gasteiger partial charge on any atom is 0.306 e. The van der Waals surface area contributed by atoms with Crippen LogP contribution in [0, 0.1) is 11.8 Å². The molecule has 9 heteroatoms. The number of carbonyl (C=O) groups is 4. The Morgan fingerprint density at radius 1 is 0.767 bits per heavy atom. The molecular weight excluding hydrogens is 548 g/mol. The number of methoxy groups -OCH3 is 2. The van der Waals surface area contributed by atoms with E-state index in [0.717, 1.165) is 22.3 Å². The van der Waals surface area contributed by atoms with Gasteiger partial charge in [0.05, 0.1) is 31.7 Å². The molecule has 9 nitrogen and oxygen atoms in total. The zero-order chi connectivity index (χ0) is 30.1. The molecule has 1 heterocycles. The SMILES string of the molecule is COc1ccc(OC)c(NC(=O)COC(=O)CCCCCN2C(=O)[C@@H]3C4c5ccccc5C(c5ccccc54)[C@H]3C2=O)c1. The molecule has 3 amide bonds. The van der Waals surface area contributed by atoms with Crippen molar-refractivity contribution in [2.24, 2.45) is 11.8 Å². The van der Waals surface area contributed by atoms with Crippen molar-refractivity contribution in [1.29, 1.82) is 0 Å². The van der Waals surface area contributed by atoms with Gasteiger partial charge >= 0.3 is 5.97 Å². The average molecular weight is 583 g/mol. The minimum atomic E-state index is -0.495.